The number of carbonyl (C=O) groups excluding carboxylic acids is 1. The SMILES string of the molecule is CCCC[C@H](C)[C@@H](C)[C@H](O[Si](C)(C)C(C)(C)C)[C@H]1CC=CC(=O)O1. The molecule has 0 aliphatic carbocycles. The molecule has 0 N–H and O–H groups in total. The monoisotopic (exact) mass is 354 g/mol. The van der Waals surface area contributed by atoms with Crippen LogP contribution in [0.5, 0.6) is 0 Å². The van der Waals surface area contributed by atoms with Gasteiger partial charge in [0.25, 0.3) is 0 Å². The maximum absolute atomic E-state index is 11.8. The summed E-state index contributed by atoms with van der Waals surface area (Å²) in [6.45, 7) is 18.1. The zero-order valence-corrected chi connectivity index (χ0v) is 18.0. The van der Waals surface area contributed by atoms with E-state index in [2.05, 4.69) is 54.6 Å². The third kappa shape index (κ3) is 5.73. The summed E-state index contributed by atoms with van der Waals surface area (Å²) in [5.74, 6) is 0.697. The molecule has 1 rings (SSSR count). The lowest BCUT2D eigenvalue weighted by Gasteiger charge is -2.44. The van der Waals surface area contributed by atoms with Crippen LogP contribution in [0.2, 0.25) is 18.1 Å². The molecule has 0 amide bonds. The number of hydrogen-bond donors (Lipinski definition) is 0. The Kier molecular flexibility index (Phi) is 7.73. The van der Waals surface area contributed by atoms with Crippen LogP contribution in [0.4, 0.5) is 0 Å². The summed E-state index contributed by atoms with van der Waals surface area (Å²) in [5, 5.41) is 0.145. The van der Waals surface area contributed by atoms with E-state index in [-0.39, 0.29) is 23.2 Å². The van der Waals surface area contributed by atoms with Gasteiger partial charge in [-0.25, -0.2) is 4.79 Å². The van der Waals surface area contributed by atoms with Gasteiger partial charge in [0.1, 0.15) is 6.10 Å². The van der Waals surface area contributed by atoms with Gasteiger partial charge in [-0.15, -0.1) is 0 Å². The first-order valence-electron chi connectivity index (χ1n) is 9.54. The summed E-state index contributed by atoms with van der Waals surface area (Å²) in [5.41, 5.74) is 0. The first-order valence-corrected chi connectivity index (χ1v) is 12.5. The van der Waals surface area contributed by atoms with Crippen LogP contribution in [0, 0.1) is 11.8 Å². The molecule has 0 saturated carbocycles. The Morgan fingerprint density at radius 3 is 2.46 bits per heavy atom. The fourth-order valence-corrected chi connectivity index (χ4v) is 4.29. The topological polar surface area (TPSA) is 35.5 Å². The molecule has 1 aliphatic rings. The van der Waals surface area contributed by atoms with E-state index in [0.717, 1.165) is 6.42 Å². The molecule has 3 nitrogen and oxygen atoms in total. The zero-order valence-electron chi connectivity index (χ0n) is 17.0. The predicted octanol–water partition coefficient (Wildman–Crippen LogP) is 5.71. The van der Waals surface area contributed by atoms with Crippen molar-refractivity contribution in [1.82, 2.24) is 0 Å². The van der Waals surface area contributed by atoms with E-state index < -0.39 is 8.32 Å². The molecular weight excluding hydrogens is 316 g/mol. The van der Waals surface area contributed by atoms with Crippen LogP contribution in [-0.4, -0.2) is 26.5 Å². The van der Waals surface area contributed by atoms with Crippen molar-refractivity contribution in [2.24, 2.45) is 11.8 Å². The Morgan fingerprint density at radius 1 is 1.33 bits per heavy atom. The van der Waals surface area contributed by atoms with Crippen molar-refractivity contribution < 1.29 is 14.0 Å². The van der Waals surface area contributed by atoms with Crippen LogP contribution >= 0.6 is 0 Å². The number of unbranched alkanes of at least 4 members (excludes halogenated alkanes) is 1. The van der Waals surface area contributed by atoms with Crippen LogP contribution in [0.15, 0.2) is 12.2 Å². The van der Waals surface area contributed by atoms with Crippen LogP contribution in [-0.2, 0) is 14.0 Å². The molecule has 140 valence electrons. The van der Waals surface area contributed by atoms with Crippen LogP contribution in [0.25, 0.3) is 0 Å². The van der Waals surface area contributed by atoms with Gasteiger partial charge in [-0.2, -0.15) is 0 Å². The average molecular weight is 355 g/mol. The molecule has 0 saturated heterocycles. The van der Waals surface area contributed by atoms with Crippen LogP contribution in [0.3, 0.4) is 0 Å². The van der Waals surface area contributed by atoms with Crippen molar-refractivity contribution >= 4 is 14.3 Å². The fraction of sp³-hybridized carbons (Fsp3) is 0.850. The van der Waals surface area contributed by atoms with Gasteiger partial charge in [-0.1, -0.05) is 66.9 Å². The third-order valence-corrected chi connectivity index (χ3v) is 10.4. The summed E-state index contributed by atoms with van der Waals surface area (Å²) < 4.78 is 12.4. The normalized spacial score (nSPS) is 22.8. The Balaban J connectivity index is 2.98. The molecule has 0 aromatic rings. The van der Waals surface area contributed by atoms with Gasteiger partial charge in [0.15, 0.2) is 8.32 Å². The molecule has 1 aliphatic heterocycles. The molecule has 0 aromatic carbocycles. The van der Waals surface area contributed by atoms with E-state index in [9.17, 15) is 4.79 Å². The largest absolute Gasteiger partial charge is 0.456 e. The standard InChI is InChI=1S/C20H38O3Si/c1-9-10-12-15(2)16(3)19(17-13-11-14-18(21)22-17)23-24(7,8)20(4,5)6/h11,14-17,19H,9-10,12-13H2,1-8H3/t15-,16+,17+,19-/m0/s1. The third-order valence-electron chi connectivity index (χ3n) is 5.92. The van der Waals surface area contributed by atoms with Gasteiger partial charge in [0.2, 0.25) is 0 Å². The summed E-state index contributed by atoms with van der Waals surface area (Å²) in [6, 6.07) is 0. The molecule has 0 spiro atoms. The summed E-state index contributed by atoms with van der Waals surface area (Å²) in [4.78, 5) is 11.8. The number of esters is 1. The Hall–Kier alpha value is -0.613. The predicted molar refractivity (Wildman–Crippen MR) is 104 cm³/mol. The Morgan fingerprint density at radius 2 is 1.96 bits per heavy atom. The molecule has 0 aromatic heterocycles. The van der Waals surface area contributed by atoms with E-state index in [0.29, 0.717) is 11.8 Å². The second-order valence-corrected chi connectivity index (χ2v) is 13.7. The van der Waals surface area contributed by atoms with Gasteiger partial charge in [0, 0.05) is 12.5 Å². The Bertz CT molecular complexity index is 437. The van der Waals surface area contributed by atoms with Gasteiger partial charge < -0.3 is 9.16 Å². The minimum absolute atomic E-state index is 0.0216. The zero-order chi connectivity index (χ0) is 18.5. The highest BCUT2D eigenvalue weighted by atomic mass is 28.4. The average Bonchev–Trinajstić information content (AvgIpc) is 2.48. The second-order valence-electron chi connectivity index (χ2n) is 8.93. The number of ether oxygens (including phenoxy) is 1. The molecule has 0 unspecified atom stereocenters. The van der Waals surface area contributed by atoms with Crippen molar-refractivity contribution in [3.8, 4) is 0 Å². The van der Waals surface area contributed by atoms with Crippen molar-refractivity contribution in [2.45, 2.75) is 97.6 Å². The van der Waals surface area contributed by atoms with E-state index in [1.807, 2.05) is 6.08 Å². The Labute approximate surface area is 150 Å². The molecule has 0 fully saturated rings. The molecule has 4 heteroatoms. The summed E-state index contributed by atoms with van der Waals surface area (Å²) >= 11 is 0. The molecule has 0 bridgehead atoms. The van der Waals surface area contributed by atoms with E-state index in [1.165, 1.54) is 25.3 Å². The molecule has 24 heavy (non-hydrogen) atoms. The molecule has 0 radical (unpaired) electrons. The van der Waals surface area contributed by atoms with Crippen molar-refractivity contribution in [2.75, 3.05) is 0 Å². The highest BCUT2D eigenvalue weighted by molar-refractivity contribution is 6.74. The van der Waals surface area contributed by atoms with Gasteiger partial charge in [-0.05, 0) is 30.0 Å². The van der Waals surface area contributed by atoms with E-state index in [1.54, 1.807) is 0 Å². The number of cyclic esters (lactones) is 1. The summed E-state index contributed by atoms with van der Waals surface area (Å²) in [7, 11) is -1.93. The first-order chi connectivity index (χ1) is 11.0. The lowest BCUT2D eigenvalue weighted by atomic mass is 9.84. The van der Waals surface area contributed by atoms with Crippen molar-refractivity contribution in [3.05, 3.63) is 12.2 Å². The fourth-order valence-electron chi connectivity index (χ4n) is 2.89. The van der Waals surface area contributed by atoms with Crippen molar-refractivity contribution in [1.29, 1.82) is 0 Å². The van der Waals surface area contributed by atoms with Gasteiger partial charge >= 0.3 is 5.97 Å². The van der Waals surface area contributed by atoms with Crippen LogP contribution < -0.4 is 0 Å². The van der Waals surface area contributed by atoms with Crippen LogP contribution in [0.1, 0.15) is 67.2 Å². The summed E-state index contributed by atoms with van der Waals surface area (Å²) in [6.07, 6.45) is 7.70. The minimum atomic E-state index is -1.93. The van der Waals surface area contributed by atoms with E-state index in [4.69, 9.17) is 9.16 Å². The number of hydrogen-bond acceptors (Lipinski definition) is 3. The molecule has 1 heterocycles. The second kappa shape index (κ2) is 8.66. The number of rotatable bonds is 8. The number of carbonyl (C=O) groups is 1. The van der Waals surface area contributed by atoms with Crippen molar-refractivity contribution in [3.63, 3.8) is 0 Å². The van der Waals surface area contributed by atoms with E-state index >= 15 is 0 Å². The maximum atomic E-state index is 11.8. The molecular formula is C20H38O3Si. The van der Waals surface area contributed by atoms with Gasteiger partial charge in [0.05, 0.1) is 6.10 Å². The van der Waals surface area contributed by atoms with Gasteiger partial charge in [-0.3, -0.25) is 0 Å². The highest BCUT2D eigenvalue weighted by Gasteiger charge is 2.44. The highest BCUT2D eigenvalue weighted by Crippen LogP contribution is 2.40. The minimum Gasteiger partial charge on any atom is -0.456 e. The quantitative estimate of drug-likeness (QED) is 0.413. The maximum Gasteiger partial charge on any atom is 0.330 e. The molecule has 4 atom stereocenters. The lowest BCUT2D eigenvalue weighted by Crippen LogP contribution is -2.51. The smallest absolute Gasteiger partial charge is 0.330 e. The lowest BCUT2D eigenvalue weighted by molar-refractivity contribution is -0.152. The first kappa shape index (κ1) is 21.4.